The van der Waals surface area contributed by atoms with Crippen LogP contribution in [0.1, 0.15) is 34.1 Å². The molecule has 0 radical (unpaired) electrons. The number of nitrogens with zero attached hydrogens (tertiary/aromatic N) is 3. The van der Waals surface area contributed by atoms with E-state index in [1.165, 1.54) is 6.07 Å². The Morgan fingerprint density at radius 1 is 1.33 bits per heavy atom. The summed E-state index contributed by atoms with van der Waals surface area (Å²) in [5.41, 5.74) is 3.93. The van der Waals surface area contributed by atoms with Crippen LogP contribution in [0, 0.1) is 17.1 Å². The monoisotopic (exact) mass is 362 g/mol. The van der Waals surface area contributed by atoms with Crippen molar-refractivity contribution in [3.8, 4) is 11.8 Å². The van der Waals surface area contributed by atoms with Crippen molar-refractivity contribution >= 4 is 0 Å². The van der Waals surface area contributed by atoms with Crippen molar-refractivity contribution in [3.05, 3.63) is 82.7 Å². The number of benzene rings is 2. The molecule has 6 heteroatoms. The van der Waals surface area contributed by atoms with Gasteiger partial charge < -0.3 is 9.72 Å². The zero-order valence-corrected chi connectivity index (χ0v) is 14.9. The highest BCUT2D eigenvalue weighted by Gasteiger charge is 2.33. The molecular formula is C21H19FN4O. The number of hydrogen-bond acceptors (Lipinski definition) is 4. The van der Waals surface area contributed by atoms with Crippen LogP contribution >= 0.6 is 0 Å². The summed E-state index contributed by atoms with van der Waals surface area (Å²) in [7, 11) is 1.57. The first-order chi connectivity index (χ1) is 13.2. The summed E-state index contributed by atoms with van der Waals surface area (Å²) in [6, 6.07) is 14.2. The summed E-state index contributed by atoms with van der Waals surface area (Å²) >= 11 is 0. The number of rotatable bonds is 4. The van der Waals surface area contributed by atoms with Crippen LogP contribution in [-0.2, 0) is 13.0 Å². The normalized spacial score (nSPS) is 16.6. The van der Waals surface area contributed by atoms with E-state index >= 15 is 0 Å². The summed E-state index contributed by atoms with van der Waals surface area (Å²) in [5.74, 6) is 0.307. The number of aromatic nitrogens is 2. The van der Waals surface area contributed by atoms with Crippen molar-refractivity contribution in [3.63, 3.8) is 0 Å². The number of halogens is 1. The molecule has 27 heavy (non-hydrogen) atoms. The second kappa shape index (κ2) is 7.22. The first-order valence-corrected chi connectivity index (χ1v) is 8.79. The lowest BCUT2D eigenvalue weighted by molar-refractivity contribution is 0.196. The van der Waals surface area contributed by atoms with E-state index in [-0.39, 0.29) is 11.9 Å². The van der Waals surface area contributed by atoms with E-state index < -0.39 is 0 Å². The van der Waals surface area contributed by atoms with Crippen molar-refractivity contribution in [1.29, 1.82) is 5.26 Å². The number of nitrogens with one attached hydrogen (secondary N) is 1. The second-order valence-corrected chi connectivity index (χ2v) is 6.55. The Labute approximate surface area is 157 Å². The summed E-state index contributed by atoms with van der Waals surface area (Å²) < 4.78 is 20.1. The maximum atomic E-state index is 14.8. The number of imidazole rings is 1. The second-order valence-electron chi connectivity index (χ2n) is 6.55. The Hall–Kier alpha value is -3.17. The number of methoxy groups -OCH3 is 1. The molecule has 1 aromatic heterocycles. The van der Waals surface area contributed by atoms with Crippen LogP contribution in [0.3, 0.4) is 0 Å². The molecule has 136 valence electrons. The molecular weight excluding hydrogens is 343 g/mol. The van der Waals surface area contributed by atoms with Gasteiger partial charge in [-0.1, -0.05) is 18.2 Å². The molecule has 3 aromatic rings. The molecule has 5 nitrogen and oxygen atoms in total. The first kappa shape index (κ1) is 17.3. The van der Waals surface area contributed by atoms with Gasteiger partial charge in [0.15, 0.2) is 0 Å². The molecule has 0 aliphatic carbocycles. The van der Waals surface area contributed by atoms with Crippen LogP contribution in [0.25, 0.3) is 0 Å². The molecule has 0 unspecified atom stereocenters. The zero-order valence-electron chi connectivity index (χ0n) is 14.9. The number of nitriles is 1. The summed E-state index contributed by atoms with van der Waals surface area (Å²) in [4.78, 5) is 9.81. The molecule has 0 saturated heterocycles. The van der Waals surface area contributed by atoms with Crippen molar-refractivity contribution in [2.24, 2.45) is 0 Å². The van der Waals surface area contributed by atoms with Crippen molar-refractivity contribution in [2.75, 3.05) is 13.7 Å². The minimum absolute atomic E-state index is 0.296. The van der Waals surface area contributed by atoms with Crippen LogP contribution in [0.4, 0.5) is 4.39 Å². The van der Waals surface area contributed by atoms with Crippen molar-refractivity contribution < 1.29 is 9.13 Å². The Bertz CT molecular complexity index is 1010. The topological polar surface area (TPSA) is 64.9 Å². The number of fused-ring (bicyclic) bond motifs is 1. The van der Waals surface area contributed by atoms with Crippen molar-refractivity contribution in [1.82, 2.24) is 14.9 Å². The van der Waals surface area contributed by atoms with E-state index in [1.807, 2.05) is 18.2 Å². The van der Waals surface area contributed by atoms with Gasteiger partial charge in [-0.2, -0.15) is 5.26 Å². The van der Waals surface area contributed by atoms with E-state index in [2.05, 4.69) is 20.9 Å². The largest absolute Gasteiger partial charge is 0.497 e. The molecule has 1 aliphatic rings. The molecule has 2 aromatic carbocycles. The van der Waals surface area contributed by atoms with Gasteiger partial charge in [-0.05, 0) is 29.8 Å². The van der Waals surface area contributed by atoms with Gasteiger partial charge in [0.05, 0.1) is 36.8 Å². The predicted molar refractivity (Wildman–Crippen MR) is 98.7 cm³/mol. The average Bonchev–Trinajstić information content (AvgIpc) is 3.18. The third-order valence-electron chi connectivity index (χ3n) is 5.03. The summed E-state index contributed by atoms with van der Waals surface area (Å²) in [6.45, 7) is 1.27. The lowest BCUT2D eigenvalue weighted by Gasteiger charge is -2.35. The van der Waals surface area contributed by atoms with E-state index in [9.17, 15) is 9.65 Å². The number of aromatic amines is 1. The van der Waals surface area contributed by atoms with Crippen LogP contribution in [0.2, 0.25) is 0 Å². The maximum Gasteiger partial charge on any atom is 0.128 e. The van der Waals surface area contributed by atoms with Gasteiger partial charge in [-0.25, -0.2) is 9.37 Å². The van der Waals surface area contributed by atoms with Gasteiger partial charge in [-0.15, -0.1) is 0 Å². The molecule has 4 rings (SSSR count). The fourth-order valence-corrected chi connectivity index (χ4v) is 3.68. The van der Waals surface area contributed by atoms with Crippen LogP contribution in [-0.4, -0.2) is 28.5 Å². The van der Waals surface area contributed by atoms with Gasteiger partial charge >= 0.3 is 0 Å². The molecule has 0 spiro atoms. The molecule has 0 saturated carbocycles. The van der Waals surface area contributed by atoms with Crippen LogP contribution < -0.4 is 4.74 Å². The minimum atomic E-state index is -0.346. The zero-order chi connectivity index (χ0) is 18.8. The Morgan fingerprint density at radius 3 is 3.00 bits per heavy atom. The number of ether oxygens (including phenoxy) is 1. The molecule has 0 bridgehead atoms. The van der Waals surface area contributed by atoms with Gasteiger partial charge in [0.2, 0.25) is 0 Å². The minimum Gasteiger partial charge on any atom is -0.497 e. The fourth-order valence-electron chi connectivity index (χ4n) is 3.68. The maximum absolute atomic E-state index is 14.8. The lowest BCUT2D eigenvalue weighted by atomic mass is 9.94. The highest BCUT2D eigenvalue weighted by Crippen LogP contribution is 2.37. The van der Waals surface area contributed by atoms with E-state index in [1.54, 1.807) is 31.6 Å². The lowest BCUT2D eigenvalue weighted by Crippen LogP contribution is -2.36. The summed E-state index contributed by atoms with van der Waals surface area (Å²) in [5, 5.41) is 9.41. The molecule has 2 heterocycles. The van der Waals surface area contributed by atoms with Gasteiger partial charge in [0, 0.05) is 30.8 Å². The van der Waals surface area contributed by atoms with E-state index in [0.717, 1.165) is 29.9 Å². The molecule has 1 N–H and O–H groups in total. The fraction of sp³-hybridized carbons (Fsp3) is 0.238. The van der Waals surface area contributed by atoms with E-state index in [4.69, 9.17) is 4.74 Å². The Morgan fingerprint density at radius 2 is 2.19 bits per heavy atom. The van der Waals surface area contributed by atoms with E-state index in [0.29, 0.717) is 23.4 Å². The molecule has 0 amide bonds. The van der Waals surface area contributed by atoms with Gasteiger partial charge in [0.1, 0.15) is 11.6 Å². The Balaban J connectivity index is 1.78. The van der Waals surface area contributed by atoms with Crippen LogP contribution in [0.15, 0.2) is 48.8 Å². The third kappa shape index (κ3) is 3.18. The predicted octanol–water partition coefficient (Wildman–Crippen LogP) is 3.58. The SMILES string of the molecule is COc1ccc(F)c([C@H]2c3nc[nH]c3CCN2Cc2ccccc2C#N)c1. The average molecular weight is 362 g/mol. The molecule has 0 fully saturated rings. The highest BCUT2D eigenvalue weighted by atomic mass is 19.1. The third-order valence-corrected chi connectivity index (χ3v) is 5.03. The Kier molecular flexibility index (Phi) is 4.61. The molecule has 1 aliphatic heterocycles. The standard InChI is InChI=1S/C21H19FN4O/c1-27-16-6-7-18(22)17(10-16)21-20-19(24-13-25-20)8-9-26(21)12-15-5-3-2-4-14(15)11-23/h2-7,10,13,21H,8-9,12H2,1H3,(H,24,25)/t21-/m0/s1. The number of hydrogen-bond donors (Lipinski definition) is 1. The highest BCUT2D eigenvalue weighted by molar-refractivity contribution is 5.40. The van der Waals surface area contributed by atoms with Gasteiger partial charge in [0.25, 0.3) is 0 Å². The smallest absolute Gasteiger partial charge is 0.128 e. The quantitative estimate of drug-likeness (QED) is 0.770. The van der Waals surface area contributed by atoms with Crippen LogP contribution in [0.5, 0.6) is 5.75 Å². The summed E-state index contributed by atoms with van der Waals surface area (Å²) in [6.07, 6.45) is 2.45. The van der Waals surface area contributed by atoms with Crippen molar-refractivity contribution in [2.45, 2.75) is 19.0 Å². The van der Waals surface area contributed by atoms with Gasteiger partial charge in [-0.3, -0.25) is 4.90 Å². The molecule has 1 atom stereocenters. The number of H-pyrrole nitrogens is 1. The first-order valence-electron chi connectivity index (χ1n) is 8.79.